The maximum absolute atomic E-state index is 13.1. The van der Waals surface area contributed by atoms with E-state index in [9.17, 15) is 18.0 Å². The van der Waals surface area contributed by atoms with Crippen molar-refractivity contribution >= 4 is 5.97 Å². The van der Waals surface area contributed by atoms with Crippen LogP contribution in [0.3, 0.4) is 0 Å². The number of imidazole rings is 1. The molecular formula is C15H14F3N3O3. The fourth-order valence-corrected chi connectivity index (χ4v) is 2.46. The largest absolute Gasteiger partial charge is 0.449 e. The molecule has 0 radical (unpaired) electrons. The summed E-state index contributed by atoms with van der Waals surface area (Å²) in [6.45, 7) is 0.158. The average Bonchev–Trinajstić information content (AvgIpc) is 3.24. The molecule has 24 heavy (non-hydrogen) atoms. The normalized spacial score (nSPS) is 19.2. The predicted octanol–water partition coefficient (Wildman–Crippen LogP) is 2.39. The molecule has 0 unspecified atom stereocenters. The molecule has 0 saturated carbocycles. The Morgan fingerprint density at radius 2 is 2.25 bits per heavy atom. The molecule has 6 nitrogen and oxygen atoms in total. The van der Waals surface area contributed by atoms with Crippen LogP contribution in [0, 0.1) is 5.92 Å². The van der Waals surface area contributed by atoms with Crippen LogP contribution in [0.2, 0.25) is 0 Å². The van der Waals surface area contributed by atoms with E-state index in [4.69, 9.17) is 9.47 Å². The first-order valence-electron chi connectivity index (χ1n) is 7.25. The number of pyridine rings is 1. The fourth-order valence-electron chi connectivity index (χ4n) is 2.46. The highest BCUT2D eigenvalue weighted by molar-refractivity contribution is 5.89. The van der Waals surface area contributed by atoms with Crippen molar-refractivity contribution in [1.82, 2.24) is 14.5 Å². The molecule has 2 aromatic heterocycles. The van der Waals surface area contributed by atoms with Crippen molar-refractivity contribution in [2.45, 2.75) is 18.7 Å². The van der Waals surface area contributed by atoms with Gasteiger partial charge >= 0.3 is 12.1 Å². The first-order chi connectivity index (χ1) is 11.4. The molecule has 0 spiro atoms. The zero-order valence-corrected chi connectivity index (χ0v) is 12.4. The Balaban J connectivity index is 1.73. The number of aromatic nitrogens is 3. The number of alkyl halides is 3. The van der Waals surface area contributed by atoms with E-state index in [1.807, 2.05) is 0 Å². The van der Waals surface area contributed by atoms with Crippen LogP contribution in [0.5, 0.6) is 0 Å². The Morgan fingerprint density at radius 3 is 2.79 bits per heavy atom. The van der Waals surface area contributed by atoms with E-state index < -0.39 is 24.2 Å². The van der Waals surface area contributed by atoms with Gasteiger partial charge in [-0.1, -0.05) is 0 Å². The van der Waals surface area contributed by atoms with E-state index in [1.165, 1.54) is 24.7 Å². The van der Waals surface area contributed by atoms with Gasteiger partial charge in [0.2, 0.25) is 6.10 Å². The summed E-state index contributed by atoms with van der Waals surface area (Å²) in [5, 5.41) is 0. The van der Waals surface area contributed by atoms with Crippen LogP contribution >= 0.6 is 0 Å². The monoisotopic (exact) mass is 341 g/mol. The quantitative estimate of drug-likeness (QED) is 0.799. The van der Waals surface area contributed by atoms with Crippen molar-refractivity contribution < 1.29 is 27.4 Å². The zero-order chi connectivity index (χ0) is 17.2. The second kappa shape index (κ2) is 6.60. The Kier molecular flexibility index (Phi) is 4.52. The Labute approximate surface area is 135 Å². The number of hydrogen-bond acceptors (Lipinski definition) is 5. The molecule has 0 aromatic carbocycles. The van der Waals surface area contributed by atoms with E-state index in [0.29, 0.717) is 5.82 Å². The molecule has 1 aliphatic rings. The van der Waals surface area contributed by atoms with Gasteiger partial charge in [0.1, 0.15) is 12.1 Å². The van der Waals surface area contributed by atoms with E-state index in [-0.39, 0.29) is 25.2 Å². The third-order valence-electron chi connectivity index (χ3n) is 3.70. The summed E-state index contributed by atoms with van der Waals surface area (Å²) in [7, 11) is 0. The molecule has 2 atom stereocenters. The number of nitrogens with zero attached hydrogens (tertiary/aromatic N) is 3. The highest BCUT2D eigenvalue weighted by Gasteiger charge is 2.49. The minimum atomic E-state index is -4.64. The Morgan fingerprint density at radius 1 is 1.42 bits per heavy atom. The fraction of sp³-hybridized carbons (Fsp3) is 0.400. The SMILES string of the molecule is O=C(O[C@H]([C@H]1CCOC1)C(F)(F)F)c1ccc(-n2ccnc2)nc1. The molecule has 2 aromatic rings. The highest BCUT2D eigenvalue weighted by Crippen LogP contribution is 2.33. The molecule has 1 saturated heterocycles. The van der Waals surface area contributed by atoms with Gasteiger partial charge in [0.25, 0.3) is 0 Å². The first kappa shape index (κ1) is 16.4. The van der Waals surface area contributed by atoms with Crippen molar-refractivity contribution in [2.24, 2.45) is 5.92 Å². The lowest BCUT2D eigenvalue weighted by Crippen LogP contribution is -2.40. The van der Waals surface area contributed by atoms with Gasteiger partial charge in [-0.3, -0.25) is 4.57 Å². The van der Waals surface area contributed by atoms with Gasteiger partial charge in [0.15, 0.2) is 0 Å². The van der Waals surface area contributed by atoms with E-state index in [2.05, 4.69) is 9.97 Å². The van der Waals surface area contributed by atoms with Crippen molar-refractivity contribution in [3.05, 3.63) is 42.6 Å². The van der Waals surface area contributed by atoms with Gasteiger partial charge in [0.05, 0.1) is 12.2 Å². The predicted molar refractivity (Wildman–Crippen MR) is 75.5 cm³/mol. The molecule has 3 heterocycles. The maximum Gasteiger partial charge on any atom is 0.425 e. The lowest BCUT2D eigenvalue weighted by Gasteiger charge is -2.24. The van der Waals surface area contributed by atoms with E-state index in [1.54, 1.807) is 17.0 Å². The third-order valence-corrected chi connectivity index (χ3v) is 3.70. The van der Waals surface area contributed by atoms with Gasteiger partial charge in [-0.2, -0.15) is 13.2 Å². The van der Waals surface area contributed by atoms with Crippen LogP contribution in [0.4, 0.5) is 13.2 Å². The van der Waals surface area contributed by atoms with Crippen LogP contribution in [0.15, 0.2) is 37.1 Å². The standard InChI is InChI=1S/C15H14F3N3O3/c16-15(17,18)13(11-3-6-23-8-11)24-14(22)10-1-2-12(20-7-10)21-5-4-19-9-21/h1-2,4-5,7,9,11,13H,3,6,8H2/t11-,13+/m0/s1. The van der Waals surface area contributed by atoms with Crippen LogP contribution in [-0.4, -0.2) is 46.0 Å². The molecule has 1 aliphatic heterocycles. The van der Waals surface area contributed by atoms with Crippen molar-refractivity contribution in [2.75, 3.05) is 13.2 Å². The number of halogens is 3. The highest BCUT2D eigenvalue weighted by atomic mass is 19.4. The van der Waals surface area contributed by atoms with Crippen molar-refractivity contribution in [1.29, 1.82) is 0 Å². The van der Waals surface area contributed by atoms with Crippen LogP contribution in [-0.2, 0) is 9.47 Å². The molecule has 0 aliphatic carbocycles. The summed E-state index contributed by atoms with van der Waals surface area (Å²) in [5.41, 5.74) is -0.0490. The van der Waals surface area contributed by atoms with Crippen molar-refractivity contribution in [3.63, 3.8) is 0 Å². The number of rotatable bonds is 4. The zero-order valence-electron chi connectivity index (χ0n) is 12.4. The molecule has 128 valence electrons. The van der Waals surface area contributed by atoms with E-state index >= 15 is 0 Å². The average molecular weight is 341 g/mol. The van der Waals surface area contributed by atoms with E-state index in [0.717, 1.165) is 0 Å². The lowest BCUT2D eigenvalue weighted by molar-refractivity contribution is -0.219. The molecule has 0 N–H and O–H groups in total. The first-order valence-corrected chi connectivity index (χ1v) is 7.25. The van der Waals surface area contributed by atoms with Crippen molar-refractivity contribution in [3.8, 4) is 5.82 Å². The summed E-state index contributed by atoms with van der Waals surface area (Å²) in [4.78, 5) is 19.9. The minimum Gasteiger partial charge on any atom is -0.449 e. The van der Waals surface area contributed by atoms with Crippen LogP contribution in [0.1, 0.15) is 16.8 Å². The number of hydrogen-bond donors (Lipinski definition) is 0. The molecule has 0 bridgehead atoms. The van der Waals surface area contributed by atoms with Gasteiger partial charge in [-0.25, -0.2) is 14.8 Å². The Hall–Kier alpha value is -2.42. The number of ether oxygens (including phenoxy) is 2. The number of esters is 1. The molecule has 0 amide bonds. The number of carbonyl (C=O) groups excluding carboxylic acids is 1. The summed E-state index contributed by atoms with van der Waals surface area (Å²) < 4.78 is 50.7. The molecule has 9 heteroatoms. The maximum atomic E-state index is 13.1. The summed E-state index contributed by atoms with van der Waals surface area (Å²) in [6, 6.07) is 2.86. The second-order valence-corrected chi connectivity index (χ2v) is 5.37. The topological polar surface area (TPSA) is 66.2 Å². The number of carbonyl (C=O) groups is 1. The summed E-state index contributed by atoms with van der Waals surface area (Å²) in [5.74, 6) is -1.46. The Bertz CT molecular complexity index is 680. The summed E-state index contributed by atoms with van der Waals surface area (Å²) in [6.07, 6.45) is -0.716. The van der Waals surface area contributed by atoms with Gasteiger partial charge in [-0.15, -0.1) is 0 Å². The van der Waals surface area contributed by atoms with Crippen LogP contribution in [0.25, 0.3) is 5.82 Å². The van der Waals surface area contributed by atoms with Gasteiger partial charge < -0.3 is 9.47 Å². The minimum absolute atomic E-state index is 0.0490. The third kappa shape index (κ3) is 3.56. The molecule has 3 rings (SSSR count). The summed E-state index contributed by atoms with van der Waals surface area (Å²) >= 11 is 0. The van der Waals surface area contributed by atoms with Gasteiger partial charge in [0, 0.05) is 31.1 Å². The molecule has 1 fully saturated rings. The molecular weight excluding hydrogens is 327 g/mol. The van der Waals surface area contributed by atoms with Crippen LogP contribution < -0.4 is 0 Å². The smallest absolute Gasteiger partial charge is 0.425 e. The van der Waals surface area contributed by atoms with Gasteiger partial charge in [-0.05, 0) is 18.6 Å². The second-order valence-electron chi connectivity index (χ2n) is 5.37. The lowest BCUT2D eigenvalue weighted by atomic mass is 10.0.